The van der Waals surface area contributed by atoms with E-state index in [1.54, 1.807) is 30.3 Å². The molecule has 3 atom stereocenters. The molecule has 0 bridgehead atoms. The highest BCUT2D eigenvalue weighted by atomic mass is 32.3. The van der Waals surface area contributed by atoms with Crippen LogP contribution in [0.3, 0.4) is 0 Å². The summed E-state index contributed by atoms with van der Waals surface area (Å²) in [5.74, 6) is -0.244. The lowest BCUT2D eigenvalue weighted by Crippen LogP contribution is -2.37. The van der Waals surface area contributed by atoms with Crippen LogP contribution in [-0.4, -0.2) is 59.2 Å². The molecule has 1 aromatic rings. The molecule has 2 N–H and O–H groups in total. The lowest BCUT2D eigenvalue weighted by molar-refractivity contribution is 0.211. The Labute approximate surface area is 131 Å². The Hall–Kier alpha value is -1.00. The zero-order valence-corrected chi connectivity index (χ0v) is 13.8. The zero-order valence-electron chi connectivity index (χ0n) is 12.2. The van der Waals surface area contributed by atoms with Crippen molar-refractivity contribution in [3.8, 4) is 0 Å². The summed E-state index contributed by atoms with van der Waals surface area (Å²) in [5, 5.41) is 18.5. The predicted octanol–water partition coefficient (Wildman–Crippen LogP) is 0.0632. The Morgan fingerprint density at radius 1 is 1.18 bits per heavy atom. The third-order valence-corrected chi connectivity index (χ3v) is 7.71. The molecule has 1 aliphatic rings. The van der Waals surface area contributed by atoms with Crippen LogP contribution in [0.15, 0.2) is 39.0 Å². The summed E-state index contributed by atoms with van der Waals surface area (Å²) in [6, 6.07) is 7.54. The van der Waals surface area contributed by atoms with Crippen LogP contribution < -0.4 is 0 Å². The van der Waals surface area contributed by atoms with Crippen molar-refractivity contribution in [1.29, 1.82) is 0 Å². The van der Waals surface area contributed by atoms with Crippen LogP contribution in [0.25, 0.3) is 0 Å². The van der Waals surface area contributed by atoms with E-state index >= 15 is 0 Å². The fourth-order valence-electron chi connectivity index (χ4n) is 2.50. The van der Waals surface area contributed by atoms with Crippen molar-refractivity contribution < 1.29 is 22.8 Å². The Balaban J connectivity index is 2.39. The van der Waals surface area contributed by atoms with Crippen LogP contribution in [0.2, 0.25) is 0 Å². The van der Waals surface area contributed by atoms with Crippen molar-refractivity contribution in [2.75, 3.05) is 26.0 Å². The monoisotopic (exact) mass is 348 g/mol. The van der Waals surface area contributed by atoms with Crippen LogP contribution >= 0.6 is 0 Å². The van der Waals surface area contributed by atoms with Crippen molar-refractivity contribution in [1.82, 2.24) is 4.31 Å². The van der Waals surface area contributed by atoms with Gasteiger partial charge >= 0.3 is 10.2 Å². The minimum atomic E-state index is -4.16. The van der Waals surface area contributed by atoms with Gasteiger partial charge in [0.25, 0.3) is 0 Å². The predicted molar refractivity (Wildman–Crippen MR) is 82.9 cm³/mol. The van der Waals surface area contributed by atoms with Crippen molar-refractivity contribution in [3.63, 3.8) is 0 Å². The topological polar surface area (TPSA) is 107 Å². The van der Waals surface area contributed by atoms with Gasteiger partial charge in [-0.3, -0.25) is 0 Å². The average Bonchev–Trinajstić information content (AvgIpc) is 2.91. The van der Waals surface area contributed by atoms with Gasteiger partial charge in [0.15, 0.2) is 0 Å². The number of nitrogens with zero attached hydrogens (tertiary/aromatic N) is 2. The van der Waals surface area contributed by atoms with E-state index in [1.807, 2.05) is 0 Å². The van der Waals surface area contributed by atoms with Gasteiger partial charge in [0.05, 0.1) is 22.4 Å². The number of hydrogen-bond donors (Lipinski definition) is 2. The highest BCUT2D eigenvalue weighted by Gasteiger charge is 2.39. The third kappa shape index (κ3) is 3.66. The highest BCUT2D eigenvalue weighted by molar-refractivity contribution is 8.02. The summed E-state index contributed by atoms with van der Waals surface area (Å²) in [5.41, 5.74) is 0. The molecule has 0 saturated carbocycles. The van der Waals surface area contributed by atoms with Gasteiger partial charge in [0, 0.05) is 24.3 Å². The van der Waals surface area contributed by atoms with E-state index in [0.29, 0.717) is 11.3 Å². The number of aliphatic hydroxyl groups excluding tert-OH is 2. The molecule has 7 nitrogen and oxygen atoms in total. The van der Waals surface area contributed by atoms with E-state index < -0.39 is 26.0 Å². The zero-order chi connectivity index (χ0) is 16.4. The second-order valence-corrected chi connectivity index (χ2v) is 9.40. The van der Waals surface area contributed by atoms with Crippen molar-refractivity contribution in [2.24, 2.45) is 9.69 Å². The van der Waals surface area contributed by atoms with E-state index in [-0.39, 0.29) is 25.7 Å². The second kappa shape index (κ2) is 6.63. The molecule has 9 heteroatoms. The van der Waals surface area contributed by atoms with Crippen LogP contribution in [0.5, 0.6) is 0 Å². The van der Waals surface area contributed by atoms with E-state index in [9.17, 15) is 22.8 Å². The molecular weight excluding hydrogens is 328 g/mol. The Morgan fingerprint density at radius 2 is 1.82 bits per heavy atom. The van der Waals surface area contributed by atoms with Crippen LogP contribution in [-0.2, 0) is 19.9 Å². The second-order valence-electron chi connectivity index (χ2n) is 5.36. The quantitative estimate of drug-likeness (QED) is 0.783. The van der Waals surface area contributed by atoms with Crippen LogP contribution in [0.1, 0.15) is 6.42 Å². The van der Waals surface area contributed by atoms with Crippen molar-refractivity contribution in [2.45, 2.75) is 17.4 Å². The maximum atomic E-state index is 12.6. The molecule has 0 radical (unpaired) electrons. The SMILES string of the molecule is CS(=O)(=NS(=O)(=O)N1CC(CO)CC1CO)c1ccccc1. The summed E-state index contributed by atoms with van der Waals surface area (Å²) in [7, 11) is -7.27. The fraction of sp³-hybridized carbons (Fsp3) is 0.538. The summed E-state index contributed by atoms with van der Waals surface area (Å²) in [6.45, 7) is -0.456. The first-order valence-corrected chi connectivity index (χ1v) is 10.1. The minimum absolute atomic E-state index is 0.0673. The summed E-state index contributed by atoms with van der Waals surface area (Å²) in [6.07, 6.45) is 1.63. The number of aliphatic hydroxyl groups is 2. The molecule has 2 rings (SSSR count). The first-order chi connectivity index (χ1) is 10.3. The molecule has 1 aliphatic heterocycles. The molecule has 1 heterocycles. The van der Waals surface area contributed by atoms with E-state index in [4.69, 9.17) is 0 Å². The fourth-order valence-corrected chi connectivity index (χ4v) is 6.21. The molecule has 0 aromatic heterocycles. The molecule has 1 saturated heterocycles. The molecular formula is C13H20N2O5S2. The van der Waals surface area contributed by atoms with E-state index in [2.05, 4.69) is 3.77 Å². The molecule has 0 aliphatic carbocycles. The smallest absolute Gasteiger partial charge is 0.330 e. The van der Waals surface area contributed by atoms with Gasteiger partial charge in [-0.2, -0.15) is 12.7 Å². The Bertz CT molecular complexity index is 726. The molecule has 22 heavy (non-hydrogen) atoms. The molecule has 1 fully saturated rings. The van der Waals surface area contributed by atoms with Gasteiger partial charge in [-0.1, -0.05) is 22.0 Å². The summed E-state index contributed by atoms with van der Waals surface area (Å²) >= 11 is 0. The van der Waals surface area contributed by atoms with Gasteiger partial charge in [-0.25, -0.2) is 4.21 Å². The minimum Gasteiger partial charge on any atom is -0.396 e. The van der Waals surface area contributed by atoms with Gasteiger partial charge in [-0.15, -0.1) is 0 Å². The lowest BCUT2D eigenvalue weighted by Gasteiger charge is -2.19. The van der Waals surface area contributed by atoms with E-state index in [1.165, 1.54) is 6.26 Å². The normalized spacial score (nSPS) is 25.8. The first-order valence-electron chi connectivity index (χ1n) is 6.82. The Kier molecular flexibility index (Phi) is 5.23. The molecule has 124 valence electrons. The van der Waals surface area contributed by atoms with Crippen LogP contribution in [0.4, 0.5) is 0 Å². The summed E-state index contributed by atoms with van der Waals surface area (Å²) in [4.78, 5) is 0.331. The van der Waals surface area contributed by atoms with Crippen molar-refractivity contribution >= 4 is 19.9 Å². The molecule has 3 unspecified atom stereocenters. The Morgan fingerprint density at radius 3 is 2.36 bits per heavy atom. The highest BCUT2D eigenvalue weighted by Crippen LogP contribution is 2.27. The first kappa shape index (κ1) is 17.4. The third-order valence-electron chi connectivity index (χ3n) is 3.63. The van der Waals surface area contributed by atoms with Gasteiger partial charge in [-0.05, 0) is 24.5 Å². The maximum absolute atomic E-state index is 12.6. The van der Waals surface area contributed by atoms with E-state index in [0.717, 1.165) is 4.31 Å². The molecule has 1 aromatic carbocycles. The molecule has 0 spiro atoms. The van der Waals surface area contributed by atoms with Crippen LogP contribution in [0, 0.1) is 5.92 Å². The standard InChI is InChI=1S/C13H20N2O5S2/c1-21(18,13-5-3-2-4-6-13)14-22(19,20)15-8-11(9-16)7-12(15)10-17/h2-6,11-12,16-17H,7-10H2,1H3. The molecule has 0 amide bonds. The number of hydrogen-bond acceptors (Lipinski definition) is 5. The number of rotatable bonds is 5. The van der Waals surface area contributed by atoms with Gasteiger partial charge < -0.3 is 10.2 Å². The summed E-state index contributed by atoms with van der Waals surface area (Å²) < 4.78 is 42.1. The van der Waals surface area contributed by atoms with Gasteiger partial charge in [0.2, 0.25) is 0 Å². The number of benzene rings is 1. The van der Waals surface area contributed by atoms with Gasteiger partial charge in [0.1, 0.15) is 0 Å². The lowest BCUT2D eigenvalue weighted by atomic mass is 10.1. The van der Waals surface area contributed by atoms with Crippen molar-refractivity contribution in [3.05, 3.63) is 30.3 Å². The average molecular weight is 348 g/mol. The largest absolute Gasteiger partial charge is 0.396 e. The maximum Gasteiger partial charge on any atom is 0.330 e.